The van der Waals surface area contributed by atoms with E-state index in [9.17, 15) is 18.0 Å². The molecule has 0 spiro atoms. The van der Waals surface area contributed by atoms with Crippen LogP contribution in [-0.4, -0.2) is 66.3 Å². The predicted octanol–water partition coefficient (Wildman–Crippen LogP) is 0.806. The zero-order valence-electron chi connectivity index (χ0n) is 14.2. The SMILES string of the molecule is CN(CCCC(=O)O)C(=O)C1CCN(S(=O)(=O)c2cccnc2)CC1. The largest absolute Gasteiger partial charge is 0.481 e. The summed E-state index contributed by atoms with van der Waals surface area (Å²) in [6.07, 6.45) is 4.20. The minimum absolute atomic E-state index is 0.0272. The van der Waals surface area contributed by atoms with Gasteiger partial charge in [0, 0.05) is 51.4 Å². The zero-order chi connectivity index (χ0) is 18.4. The fourth-order valence-corrected chi connectivity index (χ4v) is 4.32. The van der Waals surface area contributed by atoms with Crippen LogP contribution in [0.4, 0.5) is 0 Å². The molecule has 9 heteroatoms. The first kappa shape index (κ1) is 19.3. The maximum atomic E-state index is 12.5. The van der Waals surface area contributed by atoms with Crippen molar-refractivity contribution >= 4 is 21.9 Å². The number of piperidine rings is 1. The van der Waals surface area contributed by atoms with Crippen molar-refractivity contribution in [3.8, 4) is 0 Å². The highest BCUT2D eigenvalue weighted by Gasteiger charge is 2.33. The van der Waals surface area contributed by atoms with Crippen molar-refractivity contribution in [3.63, 3.8) is 0 Å². The number of pyridine rings is 1. The smallest absolute Gasteiger partial charge is 0.303 e. The second-order valence-electron chi connectivity index (χ2n) is 6.12. The van der Waals surface area contributed by atoms with E-state index in [1.54, 1.807) is 18.0 Å². The van der Waals surface area contributed by atoms with E-state index in [-0.39, 0.29) is 36.2 Å². The van der Waals surface area contributed by atoms with Crippen molar-refractivity contribution < 1.29 is 23.1 Å². The van der Waals surface area contributed by atoms with Crippen LogP contribution in [-0.2, 0) is 19.6 Å². The fraction of sp³-hybridized carbons (Fsp3) is 0.562. The molecule has 0 atom stereocenters. The summed E-state index contributed by atoms with van der Waals surface area (Å²) in [5.74, 6) is -1.16. The van der Waals surface area contributed by atoms with Crippen molar-refractivity contribution in [2.24, 2.45) is 5.92 Å². The third-order valence-corrected chi connectivity index (χ3v) is 6.22. The number of amides is 1. The Kier molecular flexibility index (Phi) is 6.49. The van der Waals surface area contributed by atoms with Gasteiger partial charge in [0.2, 0.25) is 15.9 Å². The second kappa shape index (κ2) is 8.39. The maximum Gasteiger partial charge on any atom is 0.303 e. The van der Waals surface area contributed by atoms with E-state index < -0.39 is 16.0 Å². The standard InChI is InChI=1S/C16H23N3O5S/c1-18(9-3-5-15(20)21)16(22)13-6-10-19(11-7-13)25(23,24)14-4-2-8-17-12-14/h2,4,8,12-13H,3,5-7,9-11H2,1H3,(H,20,21). The van der Waals surface area contributed by atoms with E-state index in [2.05, 4.69) is 4.98 Å². The molecule has 1 amide bonds. The summed E-state index contributed by atoms with van der Waals surface area (Å²) in [6.45, 7) is 0.965. The van der Waals surface area contributed by atoms with Gasteiger partial charge in [-0.25, -0.2) is 8.42 Å². The Morgan fingerprint density at radius 2 is 2.04 bits per heavy atom. The molecular formula is C16H23N3O5S. The highest BCUT2D eigenvalue weighted by molar-refractivity contribution is 7.89. The van der Waals surface area contributed by atoms with Crippen LogP contribution in [0.5, 0.6) is 0 Å². The number of carboxylic acid groups (broad SMARTS) is 1. The molecule has 25 heavy (non-hydrogen) atoms. The molecule has 1 aliphatic heterocycles. The Hall–Kier alpha value is -2.00. The number of hydrogen-bond acceptors (Lipinski definition) is 5. The third-order valence-electron chi connectivity index (χ3n) is 4.34. The van der Waals surface area contributed by atoms with Crippen molar-refractivity contribution in [3.05, 3.63) is 24.5 Å². The molecule has 2 rings (SSSR count). The minimum atomic E-state index is -3.57. The maximum absolute atomic E-state index is 12.5. The van der Waals surface area contributed by atoms with Gasteiger partial charge in [-0.05, 0) is 31.4 Å². The number of aromatic nitrogens is 1. The van der Waals surface area contributed by atoms with Crippen LogP contribution in [0.25, 0.3) is 0 Å². The van der Waals surface area contributed by atoms with Gasteiger partial charge >= 0.3 is 5.97 Å². The molecule has 0 aromatic carbocycles. The average Bonchev–Trinajstić information content (AvgIpc) is 2.61. The van der Waals surface area contributed by atoms with E-state index in [0.717, 1.165) is 0 Å². The Labute approximate surface area is 147 Å². The Morgan fingerprint density at radius 3 is 2.60 bits per heavy atom. The molecule has 0 radical (unpaired) electrons. The summed E-state index contributed by atoms with van der Waals surface area (Å²) in [7, 11) is -1.92. The van der Waals surface area contributed by atoms with Crippen molar-refractivity contribution in [2.75, 3.05) is 26.7 Å². The van der Waals surface area contributed by atoms with Gasteiger partial charge in [0.05, 0.1) is 0 Å². The van der Waals surface area contributed by atoms with Crippen molar-refractivity contribution in [1.82, 2.24) is 14.2 Å². The molecular weight excluding hydrogens is 346 g/mol. The number of carbonyl (C=O) groups excluding carboxylic acids is 1. The molecule has 1 aliphatic rings. The van der Waals surface area contributed by atoms with E-state index in [0.29, 0.717) is 25.8 Å². The molecule has 1 aromatic rings. The number of carbonyl (C=O) groups is 2. The van der Waals surface area contributed by atoms with Gasteiger partial charge in [0.1, 0.15) is 4.90 Å². The predicted molar refractivity (Wildman–Crippen MR) is 90.2 cm³/mol. The molecule has 0 unspecified atom stereocenters. The van der Waals surface area contributed by atoms with Crippen LogP contribution >= 0.6 is 0 Å². The monoisotopic (exact) mass is 369 g/mol. The van der Waals surface area contributed by atoms with Gasteiger partial charge in [0.25, 0.3) is 0 Å². The van der Waals surface area contributed by atoms with Gasteiger partial charge in [-0.2, -0.15) is 4.31 Å². The lowest BCUT2D eigenvalue weighted by molar-refractivity contribution is -0.139. The number of sulfonamides is 1. The van der Waals surface area contributed by atoms with Gasteiger partial charge in [0.15, 0.2) is 0 Å². The Balaban J connectivity index is 1.88. The van der Waals surface area contributed by atoms with E-state index in [1.165, 1.54) is 22.8 Å². The highest BCUT2D eigenvalue weighted by atomic mass is 32.2. The first-order chi connectivity index (χ1) is 11.8. The number of rotatable bonds is 7. The minimum Gasteiger partial charge on any atom is -0.481 e. The Morgan fingerprint density at radius 1 is 1.36 bits per heavy atom. The lowest BCUT2D eigenvalue weighted by Crippen LogP contribution is -2.43. The van der Waals surface area contributed by atoms with Crippen LogP contribution in [0.1, 0.15) is 25.7 Å². The third kappa shape index (κ3) is 4.99. The lowest BCUT2D eigenvalue weighted by Gasteiger charge is -2.32. The molecule has 138 valence electrons. The van der Waals surface area contributed by atoms with Crippen LogP contribution in [0.15, 0.2) is 29.4 Å². The summed E-state index contributed by atoms with van der Waals surface area (Å²) in [5.41, 5.74) is 0. The van der Waals surface area contributed by atoms with Crippen LogP contribution in [0, 0.1) is 5.92 Å². The quantitative estimate of drug-likeness (QED) is 0.762. The molecule has 0 bridgehead atoms. The number of carboxylic acids is 1. The van der Waals surface area contributed by atoms with Gasteiger partial charge in [-0.1, -0.05) is 0 Å². The van der Waals surface area contributed by atoms with Crippen LogP contribution < -0.4 is 0 Å². The summed E-state index contributed by atoms with van der Waals surface area (Å²) in [4.78, 5) is 28.5. The number of aliphatic carboxylic acids is 1. The molecule has 0 aliphatic carbocycles. The first-order valence-electron chi connectivity index (χ1n) is 8.19. The molecule has 8 nitrogen and oxygen atoms in total. The molecule has 1 saturated heterocycles. The van der Waals surface area contributed by atoms with Gasteiger partial charge in [-0.3, -0.25) is 14.6 Å². The average molecular weight is 369 g/mol. The molecule has 1 aromatic heterocycles. The Bertz CT molecular complexity index is 700. The van der Waals surface area contributed by atoms with Crippen LogP contribution in [0.3, 0.4) is 0 Å². The summed E-state index contributed by atoms with van der Waals surface area (Å²) >= 11 is 0. The highest BCUT2D eigenvalue weighted by Crippen LogP contribution is 2.24. The lowest BCUT2D eigenvalue weighted by atomic mass is 9.96. The first-order valence-corrected chi connectivity index (χ1v) is 9.63. The molecule has 0 saturated carbocycles. The van der Waals surface area contributed by atoms with Crippen molar-refractivity contribution in [2.45, 2.75) is 30.6 Å². The normalized spacial score (nSPS) is 16.5. The fourth-order valence-electron chi connectivity index (χ4n) is 2.88. The topological polar surface area (TPSA) is 108 Å². The van der Waals surface area contributed by atoms with Crippen molar-refractivity contribution in [1.29, 1.82) is 0 Å². The number of hydrogen-bond donors (Lipinski definition) is 1. The molecule has 1 fully saturated rings. The molecule has 1 N–H and O–H groups in total. The second-order valence-corrected chi connectivity index (χ2v) is 8.06. The summed E-state index contributed by atoms with van der Waals surface area (Å²) in [6, 6.07) is 3.09. The molecule has 2 heterocycles. The summed E-state index contributed by atoms with van der Waals surface area (Å²) < 4.78 is 26.5. The van der Waals surface area contributed by atoms with E-state index in [1.807, 2.05) is 0 Å². The van der Waals surface area contributed by atoms with E-state index >= 15 is 0 Å². The van der Waals surface area contributed by atoms with Gasteiger partial charge < -0.3 is 10.0 Å². The number of nitrogens with zero attached hydrogens (tertiary/aromatic N) is 3. The van der Waals surface area contributed by atoms with Gasteiger partial charge in [-0.15, -0.1) is 0 Å². The van der Waals surface area contributed by atoms with Crippen LogP contribution in [0.2, 0.25) is 0 Å². The zero-order valence-corrected chi connectivity index (χ0v) is 15.0. The summed E-state index contributed by atoms with van der Waals surface area (Å²) in [5, 5.41) is 8.64. The van der Waals surface area contributed by atoms with E-state index in [4.69, 9.17) is 5.11 Å².